The minimum Gasteiger partial charge on any atom is -0.325 e. The first kappa shape index (κ1) is 15.3. The van der Waals surface area contributed by atoms with Gasteiger partial charge in [0, 0.05) is 16.2 Å². The van der Waals surface area contributed by atoms with E-state index in [9.17, 15) is 13.2 Å². The molecule has 1 unspecified atom stereocenters. The van der Waals surface area contributed by atoms with Gasteiger partial charge in [0.2, 0.25) is 5.91 Å². The van der Waals surface area contributed by atoms with E-state index in [2.05, 4.69) is 10.6 Å². The lowest BCUT2D eigenvalue weighted by Crippen LogP contribution is -2.46. The third-order valence-electron chi connectivity index (χ3n) is 3.31. The highest BCUT2D eigenvalue weighted by Gasteiger charge is 2.38. The molecule has 0 radical (unpaired) electrons. The van der Waals surface area contributed by atoms with Gasteiger partial charge in [-0.1, -0.05) is 11.6 Å². The zero-order valence-corrected chi connectivity index (χ0v) is 12.7. The Kier molecular flexibility index (Phi) is 4.36. The first-order valence-electron chi connectivity index (χ1n) is 6.29. The molecule has 1 aromatic carbocycles. The first-order valence-corrected chi connectivity index (χ1v) is 8.49. The number of sulfone groups is 1. The number of anilines is 1. The second-order valence-corrected chi connectivity index (χ2v) is 7.93. The number of rotatable bonds is 4. The molecule has 0 saturated carbocycles. The van der Waals surface area contributed by atoms with E-state index in [0.29, 0.717) is 17.1 Å². The Morgan fingerprint density at radius 2 is 2.00 bits per heavy atom. The molecule has 1 fully saturated rings. The molecule has 110 valence electrons. The molecule has 0 spiro atoms. The topological polar surface area (TPSA) is 75.3 Å². The van der Waals surface area contributed by atoms with Gasteiger partial charge < -0.3 is 10.6 Å². The summed E-state index contributed by atoms with van der Waals surface area (Å²) in [6.07, 6.45) is 0.531. The fourth-order valence-corrected chi connectivity index (χ4v) is 4.43. The summed E-state index contributed by atoms with van der Waals surface area (Å²) in [5, 5.41) is 6.35. The maximum Gasteiger partial charge on any atom is 0.238 e. The predicted octanol–water partition coefficient (Wildman–Crippen LogP) is 1.45. The molecule has 0 bridgehead atoms. The molecule has 0 aromatic heterocycles. The lowest BCUT2D eigenvalue weighted by Gasteiger charge is -2.23. The molecule has 1 amide bonds. The predicted molar refractivity (Wildman–Crippen MR) is 79.8 cm³/mol. The molecular weight excluding hydrogens is 300 g/mol. The van der Waals surface area contributed by atoms with Gasteiger partial charge in [-0.2, -0.15) is 0 Å². The molecule has 1 aliphatic heterocycles. The van der Waals surface area contributed by atoms with Gasteiger partial charge in [-0.25, -0.2) is 8.42 Å². The smallest absolute Gasteiger partial charge is 0.238 e. The number of nitrogens with one attached hydrogen (secondary N) is 2. The molecule has 1 aromatic rings. The van der Waals surface area contributed by atoms with Crippen molar-refractivity contribution in [2.75, 3.05) is 23.4 Å². The summed E-state index contributed by atoms with van der Waals surface area (Å²) in [7, 11) is -2.97. The van der Waals surface area contributed by atoms with Crippen LogP contribution >= 0.6 is 11.6 Å². The number of hydrogen-bond donors (Lipinski definition) is 2. The Balaban J connectivity index is 1.85. The standard InChI is InChI=1S/C13H17ClN2O3S/c1-13(6-7-20(18,19)9-13)15-8-12(17)16-11-4-2-10(14)3-5-11/h2-5,15H,6-9H2,1H3,(H,16,17). The lowest BCUT2D eigenvalue weighted by molar-refractivity contribution is -0.115. The molecule has 5 nitrogen and oxygen atoms in total. The summed E-state index contributed by atoms with van der Waals surface area (Å²) in [5.74, 6) is 0.0432. The molecule has 1 heterocycles. The molecule has 2 N–H and O–H groups in total. The van der Waals surface area contributed by atoms with Gasteiger partial charge in [-0.05, 0) is 37.6 Å². The summed E-state index contributed by atoms with van der Waals surface area (Å²) in [6.45, 7) is 1.90. The van der Waals surface area contributed by atoms with E-state index in [1.165, 1.54) is 0 Å². The normalized spacial score (nSPS) is 24.5. The van der Waals surface area contributed by atoms with Crippen LogP contribution in [0.2, 0.25) is 5.02 Å². The number of hydrogen-bond acceptors (Lipinski definition) is 4. The van der Waals surface area contributed by atoms with Crippen molar-refractivity contribution in [1.82, 2.24) is 5.32 Å². The Bertz CT molecular complexity index is 601. The Hall–Kier alpha value is -1.11. The molecular formula is C13H17ClN2O3S. The summed E-state index contributed by atoms with van der Waals surface area (Å²) < 4.78 is 22.9. The van der Waals surface area contributed by atoms with E-state index in [1.54, 1.807) is 24.3 Å². The zero-order chi connectivity index (χ0) is 14.8. The molecule has 0 aliphatic carbocycles. The molecule has 1 aliphatic rings. The molecule has 1 saturated heterocycles. The van der Waals surface area contributed by atoms with Crippen molar-refractivity contribution in [3.05, 3.63) is 29.3 Å². The monoisotopic (exact) mass is 316 g/mol. The van der Waals surface area contributed by atoms with Crippen LogP contribution in [0.25, 0.3) is 0 Å². The van der Waals surface area contributed by atoms with Gasteiger partial charge in [-0.3, -0.25) is 4.79 Å². The van der Waals surface area contributed by atoms with Crippen molar-refractivity contribution in [3.8, 4) is 0 Å². The van der Waals surface area contributed by atoms with Gasteiger partial charge in [0.05, 0.1) is 18.1 Å². The SMILES string of the molecule is CC1(NCC(=O)Nc2ccc(Cl)cc2)CCS(=O)(=O)C1. The van der Waals surface area contributed by atoms with Crippen LogP contribution < -0.4 is 10.6 Å². The van der Waals surface area contributed by atoms with Gasteiger partial charge >= 0.3 is 0 Å². The number of carbonyl (C=O) groups excluding carboxylic acids is 1. The van der Waals surface area contributed by atoms with E-state index in [-0.39, 0.29) is 24.0 Å². The zero-order valence-electron chi connectivity index (χ0n) is 11.1. The van der Waals surface area contributed by atoms with Crippen molar-refractivity contribution in [3.63, 3.8) is 0 Å². The highest BCUT2D eigenvalue weighted by molar-refractivity contribution is 7.91. The fourth-order valence-electron chi connectivity index (χ4n) is 2.18. The van der Waals surface area contributed by atoms with Gasteiger partial charge in [0.15, 0.2) is 9.84 Å². The summed E-state index contributed by atoms with van der Waals surface area (Å²) >= 11 is 5.76. The van der Waals surface area contributed by atoms with Crippen LogP contribution in [0.5, 0.6) is 0 Å². The van der Waals surface area contributed by atoms with E-state index in [1.807, 2.05) is 6.92 Å². The van der Waals surface area contributed by atoms with Crippen LogP contribution in [0, 0.1) is 0 Å². The molecule has 20 heavy (non-hydrogen) atoms. The number of benzene rings is 1. The second kappa shape index (κ2) is 5.71. The van der Waals surface area contributed by atoms with Crippen LogP contribution in [-0.4, -0.2) is 37.9 Å². The van der Waals surface area contributed by atoms with Crippen LogP contribution in [0.4, 0.5) is 5.69 Å². The average Bonchev–Trinajstić information content (AvgIpc) is 2.65. The number of amides is 1. The third kappa shape index (κ3) is 4.19. The third-order valence-corrected chi connectivity index (χ3v) is 5.46. The Labute approximate surface area is 123 Å². The van der Waals surface area contributed by atoms with Gasteiger partial charge in [-0.15, -0.1) is 0 Å². The summed E-state index contributed by atoms with van der Waals surface area (Å²) in [6, 6.07) is 6.80. The van der Waals surface area contributed by atoms with Crippen molar-refractivity contribution >= 4 is 33.0 Å². The fraction of sp³-hybridized carbons (Fsp3) is 0.462. The molecule has 7 heteroatoms. The molecule has 1 atom stereocenters. The maximum absolute atomic E-state index is 11.8. The Morgan fingerprint density at radius 3 is 2.55 bits per heavy atom. The van der Waals surface area contributed by atoms with Crippen LogP contribution in [0.15, 0.2) is 24.3 Å². The largest absolute Gasteiger partial charge is 0.325 e. The quantitative estimate of drug-likeness (QED) is 0.881. The first-order chi connectivity index (χ1) is 9.28. The van der Waals surface area contributed by atoms with Crippen LogP contribution in [0.3, 0.4) is 0 Å². The second-order valence-electron chi connectivity index (χ2n) is 5.31. The van der Waals surface area contributed by atoms with Gasteiger partial charge in [0.25, 0.3) is 0 Å². The minimum atomic E-state index is -2.97. The summed E-state index contributed by atoms with van der Waals surface area (Å²) in [5.41, 5.74) is 0.140. The van der Waals surface area contributed by atoms with Crippen LogP contribution in [-0.2, 0) is 14.6 Å². The lowest BCUT2D eigenvalue weighted by atomic mass is 10.0. The molecule has 2 rings (SSSR count). The van der Waals surface area contributed by atoms with E-state index >= 15 is 0 Å². The Morgan fingerprint density at radius 1 is 1.35 bits per heavy atom. The highest BCUT2D eigenvalue weighted by atomic mass is 35.5. The van der Waals surface area contributed by atoms with E-state index in [4.69, 9.17) is 11.6 Å². The van der Waals surface area contributed by atoms with Crippen LogP contribution in [0.1, 0.15) is 13.3 Å². The van der Waals surface area contributed by atoms with Crippen molar-refractivity contribution in [1.29, 1.82) is 0 Å². The van der Waals surface area contributed by atoms with Crippen molar-refractivity contribution < 1.29 is 13.2 Å². The minimum absolute atomic E-state index is 0.0776. The maximum atomic E-state index is 11.8. The summed E-state index contributed by atoms with van der Waals surface area (Å²) in [4.78, 5) is 11.8. The highest BCUT2D eigenvalue weighted by Crippen LogP contribution is 2.22. The average molecular weight is 317 g/mol. The van der Waals surface area contributed by atoms with E-state index < -0.39 is 15.4 Å². The van der Waals surface area contributed by atoms with Crippen molar-refractivity contribution in [2.45, 2.75) is 18.9 Å². The number of halogens is 1. The van der Waals surface area contributed by atoms with Crippen molar-refractivity contribution in [2.24, 2.45) is 0 Å². The van der Waals surface area contributed by atoms with Gasteiger partial charge in [0.1, 0.15) is 0 Å². The van der Waals surface area contributed by atoms with E-state index in [0.717, 1.165) is 0 Å². The number of carbonyl (C=O) groups is 1.